The van der Waals surface area contributed by atoms with Crippen molar-refractivity contribution in [2.24, 2.45) is 0 Å². The molecule has 0 heterocycles. The van der Waals surface area contributed by atoms with E-state index in [1.807, 2.05) is 0 Å². The summed E-state index contributed by atoms with van der Waals surface area (Å²) in [5.41, 5.74) is 0.395. The van der Waals surface area contributed by atoms with Gasteiger partial charge in [-0.3, -0.25) is 4.79 Å². The lowest BCUT2D eigenvalue weighted by Crippen LogP contribution is -2.41. The van der Waals surface area contributed by atoms with Crippen molar-refractivity contribution in [3.63, 3.8) is 0 Å². The summed E-state index contributed by atoms with van der Waals surface area (Å²) in [6.45, 7) is 1.42. The Kier molecular flexibility index (Phi) is 6.94. The Labute approximate surface area is 167 Å². The molecular formula is C17H18Cl2N2O5S. The fourth-order valence-electron chi connectivity index (χ4n) is 2.16. The molecule has 2 aromatic rings. The third-order valence-corrected chi connectivity index (χ3v) is 5.86. The highest BCUT2D eigenvalue weighted by Gasteiger charge is 2.23. The summed E-state index contributed by atoms with van der Waals surface area (Å²) in [6, 6.07) is 7.64. The van der Waals surface area contributed by atoms with Crippen LogP contribution in [0, 0.1) is 0 Å². The summed E-state index contributed by atoms with van der Waals surface area (Å²) in [4.78, 5) is 12.2. The molecule has 146 valence electrons. The Morgan fingerprint density at radius 1 is 1.00 bits per heavy atom. The van der Waals surface area contributed by atoms with E-state index < -0.39 is 22.0 Å². The van der Waals surface area contributed by atoms with Crippen LogP contribution >= 0.6 is 23.2 Å². The molecule has 27 heavy (non-hydrogen) atoms. The van der Waals surface area contributed by atoms with Gasteiger partial charge in [-0.25, -0.2) is 8.42 Å². The zero-order chi connectivity index (χ0) is 20.2. The summed E-state index contributed by atoms with van der Waals surface area (Å²) in [6.07, 6.45) is 0. The summed E-state index contributed by atoms with van der Waals surface area (Å²) < 4.78 is 37.6. The highest BCUT2D eigenvalue weighted by Crippen LogP contribution is 2.29. The van der Waals surface area contributed by atoms with E-state index in [-0.39, 0.29) is 15.7 Å². The molecule has 0 aromatic heterocycles. The molecular weight excluding hydrogens is 415 g/mol. The zero-order valence-corrected chi connectivity index (χ0v) is 17.1. The third-order valence-electron chi connectivity index (χ3n) is 3.58. The lowest BCUT2D eigenvalue weighted by Gasteiger charge is -2.16. The van der Waals surface area contributed by atoms with Crippen LogP contribution in [-0.4, -0.2) is 34.6 Å². The Hall–Kier alpha value is -2.00. The van der Waals surface area contributed by atoms with Crippen molar-refractivity contribution in [3.8, 4) is 11.5 Å². The molecule has 10 heteroatoms. The fraction of sp³-hybridized carbons (Fsp3) is 0.235. The van der Waals surface area contributed by atoms with Crippen LogP contribution in [0.5, 0.6) is 11.5 Å². The SMILES string of the molecule is COc1ccc(S(=O)(=O)N[C@H](C)C(=O)Nc2ccc(Cl)c(Cl)c2)cc1OC. The average molecular weight is 433 g/mol. The maximum absolute atomic E-state index is 12.5. The maximum atomic E-state index is 12.5. The third kappa shape index (κ3) is 5.26. The molecule has 0 saturated carbocycles. The summed E-state index contributed by atoms with van der Waals surface area (Å²) in [5.74, 6) is 0.0904. The van der Waals surface area contributed by atoms with Crippen LogP contribution in [0.15, 0.2) is 41.3 Å². The normalized spacial score (nSPS) is 12.3. The number of halogens is 2. The van der Waals surface area contributed by atoms with Crippen LogP contribution < -0.4 is 19.5 Å². The average Bonchev–Trinajstić information content (AvgIpc) is 2.63. The first-order valence-corrected chi connectivity index (χ1v) is 9.92. The molecule has 0 spiro atoms. The second-order valence-corrected chi connectivity index (χ2v) is 8.01. The molecule has 2 N–H and O–H groups in total. The van der Waals surface area contributed by atoms with Gasteiger partial charge in [-0.15, -0.1) is 0 Å². The molecule has 1 atom stereocenters. The first-order valence-electron chi connectivity index (χ1n) is 7.68. The van der Waals surface area contributed by atoms with Gasteiger partial charge in [0.25, 0.3) is 0 Å². The van der Waals surface area contributed by atoms with E-state index in [1.54, 1.807) is 6.07 Å². The molecule has 0 aliphatic heterocycles. The van der Waals surface area contributed by atoms with Crippen molar-refractivity contribution in [3.05, 3.63) is 46.4 Å². The van der Waals surface area contributed by atoms with Crippen molar-refractivity contribution in [2.75, 3.05) is 19.5 Å². The second-order valence-electron chi connectivity index (χ2n) is 5.48. The number of carbonyl (C=O) groups is 1. The molecule has 0 aliphatic carbocycles. The van der Waals surface area contributed by atoms with Gasteiger partial charge in [-0.2, -0.15) is 4.72 Å². The van der Waals surface area contributed by atoms with E-state index in [4.69, 9.17) is 32.7 Å². The van der Waals surface area contributed by atoms with Gasteiger partial charge < -0.3 is 14.8 Å². The van der Waals surface area contributed by atoms with E-state index in [0.717, 1.165) is 0 Å². The Morgan fingerprint density at radius 2 is 1.67 bits per heavy atom. The number of anilines is 1. The van der Waals surface area contributed by atoms with E-state index in [2.05, 4.69) is 10.0 Å². The van der Waals surface area contributed by atoms with Crippen LogP contribution in [0.25, 0.3) is 0 Å². The molecule has 1 amide bonds. The minimum absolute atomic E-state index is 0.0608. The Balaban J connectivity index is 2.14. The molecule has 0 aliphatic rings. The molecule has 7 nitrogen and oxygen atoms in total. The predicted octanol–water partition coefficient (Wildman–Crippen LogP) is 3.32. The molecule has 0 saturated heterocycles. The number of hydrogen-bond acceptors (Lipinski definition) is 5. The summed E-state index contributed by atoms with van der Waals surface area (Å²) >= 11 is 11.7. The van der Waals surface area contributed by atoms with E-state index in [0.29, 0.717) is 16.5 Å². The van der Waals surface area contributed by atoms with Crippen LogP contribution in [-0.2, 0) is 14.8 Å². The number of hydrogen-bond donors (Lipinski definition) is 2. The first kappa shape index (κ1) is 21.3. The minimum Gasteiger partial charge on any atom is -0.493 e. The van der Waals surface area contributed by atoms with Gasteiger partial charge in [0.15, 0.2) is 11.5 Å². The van der Waals surface area contributed by atoms with Crippen LogP contribution in [0.2, 0.25) is 10.0 Å². The van der Waals surface area contributed by atoms with Crippen molar-refractivity contribution >= 4 is 44.8 Å². The number of carbonyl (C=O) groups excluding carboxylic acids is 1. The number of benzene rings is 2. The zero-order valence-electron chi connectivity index (χ0n) is 14.7. The largest absolute Gasteiger partial charge is 0.493 e. The van der Waals surface area contributed by atoms with Crippen LogP contribution in [0.3, 0.4) is 0 Å². The highest BCUT2D eigenvalue weighted by molar-refractivity contribution is 7.89. The monoisotopic (exact) mass is 432 g/mol. The van der Waals surface area contributed by atoms with E-state index in [9.17, 15) is 13.2 Å². The van der Waals surface area contributed by atoms with Gasteiger partial charge in [-0.05, 0) is 37.3 Å². The quantitative estimate of drug-likeness (QED) is 0.699. The summed E-state index contributed by atoms with van der Waals surface area (Å²) in [7, 11) is -1.12. The van der Waals surface area contributed by atoms with Gasteiger partial charge >= 0.3 is 0 Å². The predicted molar refractivity (Wildman–Crippen MR) is 104 cm³/mol. The minimum atomic E-state index is -3.96. The van der Waals surface area contributed by atoms with E-state index in [1.165, 1.54) is 51.5 Å². The Bertz CT molecular complexity index is 950. The number of sulfonamides is 1. The van der Waals surface area contributed by atoms with Crippen molar-refractivity contribution < 1.29 is 22.7 Å². The van der Waals surface area contributed by atoms with Crippen LogP contribution in [0.1, 0.15) is 6.92 Å². The van der Waals surface area contributed by atoms with Gasteiger partial charge in [-0.1, -0.05) is 23.2 Å². The standard InChI is InChI=1S/C17H18Cl2N2O5S/c1-10(17(22)20-11-4-6-13(18)14(19)8-11)21-27(23,24)12-5-7-15(25-2)16(9-12)26-3/h4-10,21H,1-3H3,(H,20,22)/t10-/m1/s1. The van der Waals surface area contributed by atoms with Crippen molar-refractivity contribution in [2.45, 2.75) is 17.9 Å². The smallest absolute Gasteiger partial charge is 0.242 e. The molecule has 0 radical (unpaired) electrons. The number of nitrogens with one attached hydrogen (secondary N) is 2. The number of ether oxygens (including phenoxy) is 2. The highest BCUT2D eigenvalue weighted by atomic mass is 35.5. The molecule has 2 rings (SSSR count). The van der Waals surface area contributed by atoms with Gasteiger partial charge in [0.05, 0.1) is 35.2 Å². The number of rotatable bonds is 7. The topological polar surface area (TPSA) is 93.7 Å². The Morgan fingerprint density at radius 3 is 2.26 bits per heavy atom. The number of amides is 1. The molecule has 0 unspecified atom stereocenters. The fourth-order valence-corrected chi connectivity index (χ4v) is 3.68. The van der Waals surface area contributed by atoms with Gasteiger partial charge in [0.2, 0.25) is 15.9 Å². The maximum Gasteiger partial charge on any atom is 0.242 e. The summed E-state index contributed by atoms with van der Waals surface area (Å²) in [5, 5.41) is 3.19. The van der Waals surface area contributed by atoms with Crippen LogP contribution in [0.4, 0.5) is 5.69 Å². The lowest BCUT2D eigenvalue weighted by molar-refractivity contribution is -0.117. The molecule has 0 fully saturated rings. The van der Waals surface area contributed by atoms with Crippen molar-refractivity contribution in [1.29, 1.82) is 0 Å². The number of methoxy groups -OCH3 is 2. The first-order chi connectivity index (χ1) is 12.7. The van der Waals surface area contributed by atoms with Crippen molar-refractivity contribution in [1.82, 2.24) is 4.72 Å². The van der Waals surface area contributed by atoms with E-state index >= 15 is 0 Å². The lowest BCUT2D eigenvalue weighted by atomic mass is 10.3. The van der Waals surface area contributed by atoms with Gasteiger partial charge in [0, 0.05) is 11.8 Å². The molecule has 0 bridgehead atoms. The van der Waals surface area contributed by atoms with Gasteiger partial charge in [0.1, 0.15) is 0 Å². The molecule has 2 aromatic carbocycles. The second kappa shape index (κ2) is 8.79.